The number of nitrogens with zero attached hydrogens (tertiary/aromatic N) is 1. The van der Waals surface area contributed by atoms with Crippen LogP contribution in [0.3, 0.4) is 0 Å². The molecule has 1 saturated heterocycles. The second-order valence-electron chi connectivity index (χ2n) is 10.4. The van der Waals surface area contributed by atoms with Gasteiger partial charge in [0.15, 0.2) is 5.60 Å². The molecule has 1 aliphatic carbocycles. The Bertz CT molecular complexity index is 887. The number of rotatable bonds is 6. The van der Waals surface area contributed by atoms with E-state index < -0.39 is 35.4 Å². The van der Waals surface area contributed by atoms with Gasteiger partial charge in [0.05, 0.1) is 6.61 Å². The van der Waals surface area contributed by atoms with Gasteiger partial charge in [0.25, 0.3) is 0 Å². The first kappa shape index (κ1) is 26.1. The van der Waals surface area contributed by atoms with Crippen molar-refractivity contribution in [3.63, 3.8) is 0 Å². The summed E-state index contributed by atoms with van der Waals surface area (Å²) in [4.78, 5) is 27.0. The van der Waals surface area contributed by atoms with Crippen LogP contribution in [0.15, 0.2) is 30.8 Å². The lowest BCUT2D eigenvalue weighted by Crippen LogP contribution is -2.45. The van der Waals surface area contributed by atoms with Crippen LogP contribution in [-0.4, -0.2) is 53.3 Å². The van der Waals surface area contributed by atoms with Crippen LogP contribution in [0, 0.1) is 11.8 Å². The predicted molar refractivity (Wildman–Crippen MR) is 124 cm³/mol. The summed E-state index contributed by atoms with van der Waals surface area (Å²) in [7, 11) is 0. The lowest BCUT2D eigenvalue weighted by atomic mass is 9.79. The molecule has 8 heteroatoms. The zero-order valence-electron chi connectivity index (χ0n) is 20.2. The number of carbonyl (C=O) groups is 2. The fourth-order valence-electron chi connectivity index (χ4n) is 4.61. The van der Waals surface area contributed by atoms with Gasteiger partial charge >= 0.3 is 12.1 Å². The third kappa shape index (κ3) is 6.14. The molecule has 0 radical (unpaired) electrons. The fourth-order valence-corrected chi connectivity index (χ4v) is 4.61. The summed E-state index contributed by atoms with van der Waals surface area (Å²) in [5.41, 5.74) is -1.70. The summed E-state index contributed by atoms with van der Waals surface area (Å²) in [6.45, 7) is 10.1. The van der Waals surface area contributed by atoms with Gasteiger partial charge in [-0.15, -0.1) is 0 Å². The molecular weight excluding hydrogens is 444 g/mol. The maximum absolute atomic E-state index is 14.0. The van der Waals surface area contributed by atoms with Crippen LogP contribution in [0.4, 0.5) is 13.6 Å². The number of ether oxygens (including phenoxy) is 2. The lowest BCUT2D eigenvalue weighted by Gasteiger charge is -2.35. The number of alkyl halides is 2. The van der Waals surface area contributed by atoms with Crippen molar-refractivity contribution in [3.8, 4) is 0 Å². The Morgan fingerprint density at radius 1 is 1.18 bits per heavy atom. The monoisotopic (exact) mass is 479 g/mol. The molecule has 1 aromatic carbocycles. The number of amides is 1. The Morgan fingerprint density at radius 2 is 1.79 bits per heavy atom. The van der Waals surface area contributed by atoms with E-state index in [4.69, 9.17) is 9.47 Å². The molecule has 6 nitrogen and oxygen atoms in total. The second-order valence-corrected chi connectivity index (χ2v) is 10.4. The molecule has 1 N–H and O–H groups in total. The predicted octanol–water partition coefficient (Wildman–Crippen LogP) is 5.14. The van der Waals surface area contributed by atoms with Gasteiger partial charge in [-0.25, -0.2) is 18.4 Å². The normalized spacial score (nSPS) is 22.6. The molecule has 34 heavy (non-hydrogen) atoms. The van der Waals surface area contributed by atoms with E-state index >= 15 is 0 Å². The first-order chi connectivity index (χ1) is 15.8. The topological polar surface area (TPSA) is 76.1 Å². The molecule has 0 unspecified atom stereocenters. The SMILES string of the molecule is C=Cc1ccc([C@@](O)(C(=O)OCC2CCN(C(=O)OC(C)(C)C)CC2)[C@@H]2CCC(F)(F)C2)cc1. The average Bonchev–Trinajstić information content (AvgIpc) is 3.16. The van der Waals surface area contributed by atoms with Crippen LogP contribution in [0.2, 0.25) is 0 Å². The molecular formula is C26H35F2NO5. The molecule has 2 fully saturated rings. The summed E-state index contributed by atoms with van der Waals surface area (Å²) in [5, 5.41) is 11.5. The van der Waals surface area contributed by atoms with Crippen molar-refractivity contribution in [3.05, 3.63) is 42.0 Å². The van der Waals surface area contributed by atoms with E-state index in [0.717, 1.165) is 5.56 Å². The number of benzene rings is 1. The van der Waals surface area contributed by atoms with Crippen molar-refractivity contribution in [2.45, 2.75) is 70.0 Å². The smallest absolute Gasteiger partial charge is 0.410 e. The first-order valence-corrected chi connectivity index (χ1v) is 11.8. The highest BCUT2D eigenvalue weighted by molar-refractivity contribution is 5.82. The van der Waals surface area contributed by atoms with Crippen molar-refractivity contribution >= 4 is 18.1 Å². The highest BCUT2D eigenvalue weighted by atomic mass is 19.3. The molecule has 1 amide bonds. The number of halogens is 2. The van der Waals surface area contributed by atoms with Crippen LogP contribution >= 0.6 is 0 Å². The lowest BCUT2D eigenvalue weighted by molar-refractivity contribution is -0.176. The number of likely N-dealkylation sites (tertiary alicyclic amines) is 1. The van der Waals surface area contributed by atoms with Crippen LogP contribution in [0.5, 0.6) is 0 Å². The molecule has 2 atom stereocenters. The molecule has 0 aromatic heterocycles. The summed E-state index contributed by atoms with van der Waals surface area (Å²) in [6.07, 6.45) is 1.55. The van der Waals surface area contributed by atoms with Crippen LogP contribution in [0.1, 0.15) is 64.0 Å². The number of hydrogen-bond donors (Lipinski definition) is 1. The summed E-state index contributed by atoms with van der Waals surface area (Å²) >= 11 is 0. The number of piperidine rings is 1. The Hall–Kier alpha value is -2.48. The Morgan fingerprint density at radius 3 is 2.29 bits per heavy atom. The number of esters is 1. The molecule has 2 aliphatic rings. The first-order valence-electron chi connectivity index (χ1n) is 11.8. The minimum absolute atomic E-state index is 0.0000440. The minimum atomic E-state index is -2.92. The van der Waals surface area contributed by atoms with E-state index in [1.807, 2.05) is 20.8 Å². The quantitative estimate of drug-likeness (QED) is 0.572. The van der Waals surface area contributed by atoms with Gasteiger partial charge < -0.3 is 19.5 Å². The van der Waals surface area contributed by atoms with E-state index in [2.05, 4.69) is 6.58 Å². The maximum atomic E-state index is 14.0. The molecule has 1 aliphatic heterocycles. The van der Waals surface area contributed by atoms with E-state index in [1.165, 1.54) is 0 Å². The van der Waals surface area contributed by atoms with Crippen LogP contribution in [-0.2, 0) is 19.9 Å². The molecule has 188 valence electrons. The van der Waals surface area contributed by atoms with Gasteiger partial charge in [0.2, 0.25) is 5.92 Å². The largest absolute Gasteiger partial charge is 0.463 e. The minimum Gasteiger partial charge on any atom is -0.463 e. The van der Waals surface area contributed by atoms with Gasteiger partial charge in [0, 0.05) is 31.8 Å². The van der Waals surface area contributed by atoms with E-state index in [9.17, 15) is 23.5 Å². The van der Waals surface area contributed by atoms with Gasteiger partial charge in [-0.05, 0) is 57.1 Å². The molecule has 1 aromatic rings. The van der Waals surface area contributed by atoms with Crippen molar-refractivity contribution < 1.29 is 33.0 Å². The van der Waals surface area contributed by atoms with Gasteiger partial charge in [-0.2, -0.15) is 0 Å². The van der Waals surface area contributed by atoms with E-state index in [0.29, 0.717) is 25.9 Å². The fraction of sp³-hybridized carbons (Fsp3) is 0.615. The van der Waals surface area contributed by atoms with E-state index in [-0.39, 0.29) is 37.0 Å². The zero-order chi connectivity index (χ0) is 25.1. The highest BCUT2D eigenvalue weighted by Crippen LogP contribution is 2.48. The van der Waals surface area contributed by atoms with Gasteiger partial charge in [-0.1, -0.05) is 36.9 Å². The van der Waals surface area contributed by atoms with Gasteiger partial charge in [-0.3, -0.25) is 0 Å². The zero-order valence-corrected chi connectivity index (χ0v) is 20.2. The van der Waals surface area contributed by atoms with Crippen molar-refractivity contribution in [2.24, 2.45) is 11.8 Å². The number of hydrogen-bond acceptors (Lipinski definition) is 5. The maximum Gasteiger partial charge on any atom is 0.410 e. The van der Waals surface area contributed by atoms with E-state index in [1.54, 1.807) is 35.2 Å². The Labute approximate surface area is 199 Å². The molecule has 0 bridgehead atoms. The summed E-state index contributed by atoms with van der Waals surface area (Å²) in [5.74, 6) is -4.77. The average molecular weight is 480 g/mol. The standard InChI is InChI=1S/C26H35F2NO5/c1-5-18-6-8-20(9-7-18)26(32,21-10-13-25(27,28)16-21)22(30)33-17-19-11-14-29(15-12-19)23(31)34-24(2,3)4/h5-9,19,21,32H,1,10-17H2,2-4H3/t21-,26+/m1/s1. The van der Waals surface area contributed by atoms with Crippen LogP contribution in [0.25, 0.3) is 6.08 Å². The van der Waals surface area contributed by atoms with Crippen LogP contribution < -0.4 is 0 Å². The Balaban J connectivity index is 1.65. The molecule has 1 heterocycles. The molecule has 1 saturated carbocycles. The van der Waals surface area contributed by atoms with Crippen molar-refractivity contribution in [1.82, 2.24) is 4.90 Å². The second kappa shape index (κ2) is 10.0. The molecule has 3 rings (SSSR count). The Kier molecular flexibility index (Phi) is 7.70. The molecule has 0 spiro atoms. The van der Waals surface area contributed by atoms with Crippen molar-refractivity contribution in [1.29, 1.82) is 0 Å². The number of aliphatic hydroxyl groups is 1. The number of carbonyl (C=O) groups excluding carboxylic acids is 2. The van der Waals surface area contributed by atoms with Crippen molar-refractivity contribution in [2.75, 3.05) is 19.7 Å². The summed E-state index contributed by atoms with van der Waals surface area (Å²) < 4.78 is 38.9. The third-order valence-corrected chi connectivity index (χ3v) is 6.61. The highest BCUT2D eigenvalue weighted by Gasteiger charge is 2.54. The third-order valence-electron chi connectivity index (χ3n) is 6.61. The summed E-state index contributed by atoms with van der Waals surface area (Å²) in [6, 6.07) is 6.49. The van der Waals surface area contributed by atoms with Gasteiger partial charge in [0.1, 0.15) is 5.60 Å².